The highest BCUT2D eigenvalue weighted by Crippen LogP contribution is 2.11. The van der Waals surface area contributed by atoms with Crippen LogP contribution in [0.4, 0.5) is 5.69 Å². The molecule has 0 saturated carbocycles. The monoisotopic (exact) mass is 355 g/mol. The Hall–Kier alpha value is -2.95. The molecule has 1 N–H and O–H groups in total. The number of carbonyl (C=O) groups excluding carboxylic acids is 1. The lowest BCUT2D eigenvalue weighted by molar-refractivity contribution is -0.116. The van der Waals surface area contributed by atoms with Crippen molar-refractivity contribution in [2.45, 2.75) is 0 Å². The first-order valence-electron chi connectivity index (χ1n) is 7.40. The molecule has 6 nitrogen and oxygen atoms in total. The maximum Gasteiger partial charge on any atom is 0.239 e. The van der Waals surface area contributed by atoms with Crippen molar-refractivity contribution in [2.24, 2.45) is 0 Å². The van der Waals surface area contributed by atoms with E-state index in [0.717, 1.165) is 15.3 Å². The summed E-state index contributed by atoms with van der Waals surface area (Å²) in [6, 6.07) is 17.4. The number of amides is 1. The van der Waals surface area contributed by atoms with E-state index >= 15 is 0 Å². The third kappa shape index (κ3) is 5.57. The number of nitrogens with one attached hydrogen (secondary N) is 1. The van der Waals surface area contributed by atoms with E-state index in [1.165, 1.54) is 19.2 Å². The third-order valence-electron chi connectivity index (χ3n) is 3.31. The fraction of sp³-hybridized carbons (Fsp3) is 0.111. The predicted molar refractivity (Wildman–Crippen MR) is 96.8 cm³/mol. The van der Waals surface area contributed by atoms with Gasteiger partial charge in [-0.1, -0.05) is 36.4 Å². The summed E-state index contributed by atoms with van der Waals surface area (Å²) in [5.74, 6) is -0.491. The van der Waals surface area contributed by atoms with E-state index < -0.39 is 15.9 Å². The van der Waals surface area contributed by atoms with E-state index in [2.05, 4.69) is 5.32 Å². The molecule has 0 aliphatic heterocycles. The van der Waals surface area contributed by atoms with Gasteiger partial charge in [0.25, 0.3) is 0 Å². The second-order valence-electron chi connectivity index (χ2n) is 5.26. The molecule has 0 unspecified atom stereocenters. The van der Waals surface area contributed by atoms with Crippen LogP contribution in [0.15, 0.2) is 60.0 Å². The first-order chi connectivity index (χ1) is 11.9. The number of nitriles is 1. The van der Waals surface area contributed by atoms with Gasteiger partial charge in [0.05, 0.1) is 18.2 Å². The molecule has 0 aliphatic rings. The van der Waals surface area contributed by atoms with Crippen LogP contribution in [-0.4, -0.2) is 32.2 Å². The highest BCUT2D eigenvalue weighted by Gasteiger charge is 2.17. The Kier molecular flexibility index (Phi) is 6.06. The van der Waals surface area contributed by atoms with Crippen LogP contribution in [0.1, 0.15) is 11.1 Å². The Balaban J connectivity index is 1.99. The Morgan fingerprint density at radius 3 is 2.60 bits per heavy atom. The molecule has 2 rings (SSSR count). The van der Waals surface area contributed by atoms with Gasteiger partial charge in [0.1, 0.15) is 0 Å². The topological polar surface area (TPSA) is 90.3 Å². The molecule has 0 aliphatic carbocycles. The molecule has 1 amide bonds. The number of nitrogens with zero attached hydrogens (tertiary/aromatic N) is 2. The lowest BCUT2D eigenvalue weighted by atomic mass is 10.2. The van der Waals surface area contributed by atoms with Gasteiger partial charge in [0, 0.05) is 18.1 Å². The van der Waals surface area contributed by atoms with Gasteiger partial charge >= 0.3 is 0 Å². The molecule has 7 heteroatoms. The SMILES string of the molecule is CN(CC(=O)Nc1cccc(C#N)c1)S(=O)(=O)C=Cc1ccccc1. The lowest BCUT2D eigenvalue weighted by Crippen LogP contribution is -2.33. The van der Waals surface area contributed by atoms with E-state index in [0.29, 0.717) is 11.3 Å². The van der Waals surface area contributed by atoms with Gasteiger partial charge < -0.3 is 5.32 Å². The first-order valence-corrected chi connectivity index (χ1v) is 8.90. The smallest absolute Gasteiger partial charge is 0.239 e. The average molecular weight is 355 g/mol. The minimum atomic E-state index is -3.72. The Labute approximate surface area is 147 Å². The molecule has 0 heterocycles. The zero-order valence-corrected chi connectivity index (χ0v) is 14.4. The normalized spacial score (nSPS) is 11.4. The van der Waals surface area contributed by atoms with Gasteiger partial charge in [-0.15, -0.1) is 0 Å². The van der Waals surface area contributed by atoms with Crippen molar-refractivity contribution in [3.8, 4) is 6.07 Å². The zero-order chi connectivity index (χ0) is 18.3. The summed E-state index contributed by atoms with van der Waals surface area (Å²) in [5, 5.41) is 12.5. The molecule has 2 aromatic carbocycles. The minimum Gasteiger partial charge on any atom is -0.325 e. The molecule has 0 aromatic heterocycles. The van der Waals surface area contributed by atoms with Crippen molar-refractivity contribution in [3.63, 3.8) is 0 Å². The fourth-order valence-corrected chi connectivity index (χ4v) is 2.83. The van der Waals surface area contributed by atoms with Crippen molar-refractivity contribution >= 4 is 27.7 Å². The zero-order valence-electron chi connectivity index (χ0n) is 13.6. The minimum absolute atomic E-state index is 0.335. The van der Waals surface area contributed by atoms with Crippen LogP contribution < -0.4 is 5.32 Å². The molecular formula is C18H17N3O3S. The largest absolute Gasteiger partial charge is 0.325 e. The van der Waals surface area contributed by atoms with Gasteiger partial charge in [0.15, 0.2) is 0 Å². The van der Waals surface area contributed by atoms with Crippen LogP contribution in [-0.2, 0) is 14.8 Å². The number of likely N-dealkylation sites (N-methyl/N-ethyl adjacent to an activating group) is 1. The third-order valence-corrected chi connectivity index (χ3v) is 4.79. The number of anilines is 1. The van der Waals surface area contributed by atoms with Crippen molar-refractivity contribution in [2.75, 3.05) is 18.9 Å². The standard InChI is InChI=1S/C18H17N3O3S/c1-21(25(23,24)11-10-15-6-3-2-4-7-15)14-18(22)20-17-9-5-8-16(12-17)13-19/h2-12H,14H2,1H3,(H,20,22). The van der Waals surface area contributed by atoms with Crippen LogP contribution in [0.25, 0.3) is 6.08 Å². The molecule has 0 spiro atoms. The van der Waals surface area contributed by atoms with Gasteiger partial charge in [0.2, 0.25) is 15.9 Å². The van der Waals surface area contributed by atoms with Gasteiger partial charge in [-0.25, -0.2) is 8.42 Å². The molecular weight excluding hydrogens is 338 g/mol. The quantitative estimate of drug-likeness (QED) is 0.862. The summed E-state index contributed by atoms with van der Waals surface area (Å²) in [7, 11) is -2.39. The summed E-state index contributed by atoms with van der Waals surface area (Å²) < 4.78 is 25.4. The molecule has 0 atom stereocenters. The Morgan fingerprint density at radius 1 is 1.20 bits per heavy atom. The first kappa shape index (κ1) is 18.4. The highest BCUT2D eigenvalue weighted by molar-refractivity contribution is 7.92. The van der Waals surface area contributed by atoms with E-state index in [9.17, 15) is 13.2 Å². The number of hydrogen-bond donors (Lipinski definition) is 1. The summed E-state index contributed by atoms with van der Waals surface area (Å²) in [6.45, 7) is -0.335. The summed E-state index contributed by atoms with van der Waals surface area (Å²) in [6.07, 6.45) is 1.47. The lowest BCUT2D eigenvalue weighted by Gasteiger charge is -2.14. The highest BCUT2D eigenvalue weighted by atomic mass is 32.2. The fourth-order valence-electron chi connectivity index (χ4n) is 1.99. The second kappa shape index (κ2) is 8.24. The Bertz CT molecular complexity index is 916. The Morgan fingerprint density at radius 2 is 1.92 bits per heavy atom. The van der Waals surface area contributed by atoms with E-state index in [1.54, 1.807) is 42.5 Å². The molecule has 25 heavy (non-hydrogen) atoms. The van der Waals surface area contributed by atoms with Crippen molar-refractivity contribution in [1.29, 1.82) is 5.26 Å². The number of sulfonamides is 1. The average Bonchev–Trinajstić information content (AvgIpc) is 2.61. The molecule has 0 bridgehead atoms. The van der Waals surface area contributed by atoms with Gasteiger partial charge in [-0.3, -0.25) is 4.79 Å². The van der Waals surface area contributed by atoms with Crippen molar-refractivity contribution in [1.82, 2.24) is 4.31 Å². The second-order valence-corrected chi connectivity index (χ2v) is 7.18. The summed E-state index contributed by atoms with van der Waals surface area (Å²) in [5.41, 5.74) is 1.59. The molecule has 128 valence electrons. The van der Waals surface area contributed by atoms with E-state index in [1.807, 2.05) is 12.1 Å². The molecule has 0 saturated heterocycles. The number of carbonyl (C=O) groups is 1. The summed E-state index contributed by atoms with van der Waals surface area (Å²) in [4.78, 5) is 12.0. The summed E-state index contributed by atoms with van der Waals surface area (Å²) >= 11 is 0. The van der Waals surface area contributed by atoms with Crippen LogP contribution in [0, 0.1) is 11.3 Å². The predicted octanol–water partition coefficient (Wildman–Crippen LogP) is 2.43. The van der Waals surface area contributed by atoms with E-state index in [-0.39, 0.29) is 6.54 Å². The van der Waals surface area contributed by atoms with Crippen molar-refractivity contribution in [3.05, 3.63) is 71.1 Å². The maximum atomic E-state index is 12.2. The number of hydrogen-bond acceptors (Lipinski definition) is 4. The number of benzene rings is 2. The van der Waals surface area contributed by atoms with Gasteiger partial charge in [-0.2, -0.15) is 9.57 Å². The van der Waals surface area contributed by atoms with E-state index in [4.69, 9.17) is 5.26 Å². The molecule has 0 radical (unpaired) electrons. The van der Waals surface area contributed by atoms with Crippen LogP contribution >= 0.6 is 0 Å². The van der Waals surface area contributed by atoms with Crippen LogP contribution in [0.2, 0.25) is 0 Å². The van der Waals surface area contributed by atoms with Crippen molar-refractivity contribution < 1.29 is 13.2 Å². The number of rotatable bonds is 6. The molecule has 2 aromatic rings. The van der Waals surface area contributed by atoms with Crippen LogP contribution in [0.5, 0.6) is 0 Å². The maximum absolute atomic E-state index is 12.2. The molecule has 0 fully saturated rings. The van der Waals surface area contributed by atoms with Crippen LogP contribution in [0.3, 0.4) is 0 Å². The van der Waals surface area contributed by atoms with Gasteiger partial charge in [-0.05, 0) is 29.8 Å².